The second-order valence-electron chi connectivity index (χ2n) is 9.10. The lowest BCUT2D eigenvalue weighted by Crippen LogP contribution is -2.57. The van der Waals surface area contributed by atoms with Crippen molar-refractivity contribution in [3.8, 4) is 0 Å². The number of carboxylic acid groups (broad SMARTS) is 2. The molecule has 13 N–H and O–H groups in total. The minimum absolute atomic E-state index is 0.0851. The van der Waals surface area contributed by atoms with E-state index in [1.807, 2.05) is 0 Å². The van der Waals surface area contributed by atoms with Crippen LogP contribution in [-0.2, 0) is 24.0 Å². The number of carbonyl (C=O) groups is 5. The molecular weight excluding hydrogens is 500 g/mol. The minimum Gasteiger partial charge on any atom is -0.481 e. The number of hydrogen-bond donors (Lipinski definition) is 9. The topological polar surface area (TPSA) is 278 Å². The number of nitrogens with zero attached hydrogens (tertiary/aromatic N) is 1. The summed E-state index contributed by atoms with van der Waals surface area (Å²) in [6.07, 6.45) is 1.66. The number of nitrogens with two attached hydrogens (primary N) is 4. The van der Waals surface area contributed by atoms with Gasteiger partial charge in [0.15, 0.2) is 5.96 Å². The van der Waals surface area contributed by atoms with Gasteiger partial charge in [0.05, 0.1) is 6.04 Å². The van der Waals surface area contributed by atoms with Crippen molar-refractivity contribution in [1.29, 1.82) is 0 Å². The maximum absolute atomic E-state index is 13.2. The third kappa shape index (κ3) is 14.3. The number of aliphatic imine (C=N–C) groups is 1. The lowest BCUT2D eigenvalue weighted by atomic mass is 9.98. The summed E-state index contributed by atoms with van der Waals surface area (Å²) in [7, 11) is 0. The first kappa shape index (κ1) is 34.5. The van der Waals surface area contributed by atoms with E-state index >= 15 is 0 Å². The van der Waals surface area contributed by atoms with E-state index in [2.05, 4.69) is 20.9 Å². The number of nitrogens with one attached hydrogen (secondary N) is 3. The summed E-state index contributed by atoms with van der Waals surface area (Å²) in [6, 6.07) is -4.54. The zero-order valence-corrected chi connectivity index (χ0v) is 22.2. The fourth-order valence-corrected chi connectivity index (χ4v) is 3.43. The summed E-state index contributed by atoms with van der Waals surface area (Å²) in [5.41, 5.74) is 21.9. The molecule has 218 valence electrons. The molecule has 0 radical (unpaired) electrons. The average molecular weight is 545 g/mol. The second-order valence-corrected chi connectivity index (χ2v) is 9.10. The highest BCUT2D eigenvalue weighted by molar-refractivity contribution is 5.94. The van der Waals surface area contributed by atoms with Gasteiger partial charge < -0.3 is 49.1 Å². The SMILES string of the molecule is CCC(C)C(NC(=O)C(CCCCN)NC(=O)C(CCCN=C(N)N)NC(=O)C(N)CCC(=O)O)C(=O)O. The van der Waals surface area contributed by atoms with Crippen LogP contribution in [0.5, 0.6) is 0 Å². The molecule has 0 aromatic heterocycles. The smallest absolute Gasteiger partial charge is 0.326 e. The van der Waals surface area contributed by atoms with Gasteiger partial charge in [0.1, 0.15) is 18.1 Å². The van der Waals surface area contributed by atoms with E-state index in [0.29, 0.717) is 32.2 Å². The van der Waals surface area contributed by atoms with Crippen LogP contribution in [-0.4, -0.2) is 83.1 Å². The van der Waals surface area contributed by atoms with Crippen LogP contribution >= 0.6 is 0 Å². The molecule has 0 aliphatic rings. The molecule has 15 heteroatoms. The molecule has 0 heterocycles. The third-order valence-corrected chi connectivity index (χ3v) is 5.94. The average Bonchev–Trinajstić information content (AvgIpc) is 2.85. The van der Waals surface area contributed by atoms with E-state index in [4.69, 9.17) is 28.0 Å². The van der Waals surface area contributed by atoms with Gasteiger partial charge in [0.25, 0.3) is 0 Å². The highest BCUT2D eigenvalue weighted by Gasteiger charge is 2.31. The predicted molar refractivity (Wildman–Crippen MR) is 141 cm³/mol. The van der Waals surface area contributed by atoms with Gasteiger partial charge in [-0.3, -0.25) is 24.2 Å². The number of hydrogen-bond acceptors (Lipinski definition) is 8. The number of guanidine groups is 1. The Morgan fingerprint density at radius 3 is 1.89 bits per heavy atom. The molecule has 0 saturated heterocycles. The van der Waals surface area contributed by atoms with Gasteiger partial charge in [-0.2, -0.15) is 0 Å². The van der Waals surface area contributed by atoms with E-state index < -0.39 is 53.8 Å². The van der Waals surface area contributed by atoms with E-state index in [-0.39, 0.29) is 44.1 Å². The van der Waals surface area contributed by atoms with E-state index in [0.717, 1.165) is 0 Å². The number of carbonyl (C=O) groups excluding carboxylic acids is 3. The predicted octanol–water partition coefficient (Wildman–Crippen LogP) is -2.05. The fourth-order valence-electron chi connectivity index (χ4n) is 3.43. The van der Waals surface area contributed by atoms with Crippen molar-refractivity contribution in [3.05, 3.63) is 0 Å². The van der Waals surface area contributed by atoms with Crippen molar-refractivity contribution in [2.24, 2.45) is 33.8 Å². The Hall–Kier alpha value is -3.46. The lowest BCUT2D eigenvalue weighted by molar-refractivity contribution is -0.144. The monoisotopic (exact) mass is 544 g/mol. The number of aliphatic carboxylic acids is 2. The Kier molecular flexibility index (Phi) is 17.0. The van der Waals surface area contributed by atoms with Gasteiger partial charge >= 0.3 is 11.9 Å². The first-order valence-electron chi connectivity index (χ1n) is 12.7. The quantitative estimate of drug-likeness (QED) is 0.0456. The summed E-state index contributed by atoms with van der Waals surface area (Å²) < 4.78 is 0. The second kappa shape index (κ2) is 18.7. The molecule has 0 spiro atoms. The first-order valence-corrected chi connectivity index (χ1v) is 12.7. The molecule has 0 aromatic rings. The molecule has 5 atom stereocenters. The van der Waals surface area contributed by atoms with Crippen molar-refractivity contribution in [2.45, 2.75) is 89.4 Å². The maximum atomic E-state index is 13.2. The first-order chi connectivity index (χ1) is 17.8. The van der Waals surface area contributed by atoms with Crippen LogP contribution < -0.4 is 38.9 Å². The summed E-state index contributed by atoms with van der Waals surface area (Å²) in [4.78, 5) is 65.0. The summed E-state index contributed by atoms with van der Waals surface area (Å²) >= 11 is 0. The van der Waals surface area contributed by atoms with Gasteiger partial charge in [-0.05, 0) is 51.0 Å². The van der Waals surface area contributed by atoms with E-state index in [9.17, 15) is 29.1 Å². The van der Waals surface area contributed by atoms with Gasteiger partial charge in [-0.25, -0.2) is 4.79 Å². The molecule has 15 nitrogen and oxygen atoms in total. The van der Waals surface area contributed by atoms with Crippen molar-refractivity contribution < 1.29 is 34.2 Å². The van der Waals surface area contributed by atoms with E-state index in [1.165, 1.54) is 0 Å². The Balaban J connectivity index is 5.68. The van der Waals surface area contributed by atoms with Crippen molar-refractivity contribution >= 4 is 35.6 Å². The summed E-state index contributed by atoms with van der Waals surface area (Å²) in [6.45, 7) is 4.02. The van der Waals surface area contributed by atoms with Crippen LogP contribution in [0.2, 0.25) is 0 Å². The highest BCUT2D eigenvalue weighted by atomic mass is 16.4. The molecular formula is C23H44N8O7. The van der Waals surface area contributed by atoms with Crippen LogP contribution in [0.3, 0.4) is 0 Å². The van der Waals surface area contributed by atoms with Gasteiger partial charge in [0, 0.05) is 13.0 Å². The minimum atomic E-state index is -1.19. The van der Waals surface area contributed by atoms with Crippen molar-refractivity contribution in [2.75, 3.05) is 13.1 Å². The number of amides is 3. The summed E-state index contributed by atoms with van der Waals surface area (Å²) in [5, 5.41) is 26.0. The maximum Gasteiger partial charge on any atom is 0.326 e. The zero-order chi connectivity index (χ0) is 29.3. The highest BCUT2D eigenvalue weighted by Crippen LogP contribution is 2.10. The van der Waals surface area contributed by atoms with Crippen molar-refractivity contribution in [3.63, 3.8) is 0 Å². The number of unbranched alkanes of at least 4 members (excludes halogenated alkanes) is 1. The number of rotatable bonds is 20. The van der Waals surface area contributed by atoms with E-state index in [1.54, 1.807) is 13.8 Å². The van der Waals surface area contributed by atoms with Gasteiger partial charge in [-0.15, -0.1) is 0 Å². The molecule has 0 saturated carbocycles. The molecule has 0 aliphatic heterocycles. The Morgan fingerprint density at radius 1 is 0.842 bits per heavy atom. The lowest BCUT2D eigenvalue weighted by Gasteiger charge is -2.26. The fraction of sp³-hybridized carbons (Fsp3) is 0.739. The van der Waals surface area contributed by atoms with Crippen LogP contribution in [0.1, 0.15) is 65.2 Å². The van der Waals surface area contributed by atoms with Crippen molar-refractivity contribution in [1.82, 2.24) is 16.0 Å². The largest absolute Gasteiger partial charge is 0.481 e. The van der Waals surface area contributed by atoms with Crippen LogP contribution in [0.4, 0.5) is 0 Å². The van der Waals surface area contributed by atoms with Gasteiger partial charge in [-0.1, -0.05) is 20.3 Å². The van der Waals surface area contributed by atoms with Crippen LogP contribution in [0, 0.1) is 5.92 Å². The molecule has 0 rings (SSSR count). The molecule has 0 bridgehead atoms. The normalized spacial score (nSPS) is 14.7. The molecule has 0 aromatic carbocycles. The Labute approximate surface area is 222 Å². The molecule has 3 amide bonds. The molecule has 0 aliphatic carbocycles. The molecule has 5 unspecified atom stereocenters. The standard InChI is InChI=1S/C23H44N8O7/c1-3-13(2)18(22(37)38)31-21(36)15(7-4-5-11-24)30-20(35)16(8-6-12-28-23(26)27)29-19(34)14(25)9-10-17(32)33/h13-16,18H,3-12,24-25H2,1-2H3,(H,29,34)(H,30,35)(H,31,36)(H,32,33)(H,37,38)(H4,26,27,28). The molecule has 38 heavy (non-hydrogen) atoms. The molecule has 0 fully saturated rings. The zero-order valence-electron chi connectivity index (χ0n) is 22.2. The number of carboxylic acids is 2. The summed E-state index contributed by atoms with van der Waals surface area (Å²) in [5.74, 6) is -4.92. The van der Waals surface area contributed by atoms with Crippen LogP contribution in [0.25, 0.3) is 0 Å². The van der Waals surface area contributed by atoms with Crippen LogP contribution in [0.15, 0.2) is 4.99 Å². The Morgan fingerprint density at radius 2 is 1.39 bits per heavy atom. The van der Waals surface area contributed by atoms with Gasteiger partial charge in [0.2, 0.25) is 17.7 Å². The third-order valence-electron chi connectivity index (χ3n) is 5.94. The Bertz CT molecular complexity index is 820.